The molecule has 0 unspecified atom stereocenters. The number of benzene rings is 2. The predicted molar refractivity (Wildman–Crippen MR) is 101 cm³/mol. The molecular weight excluding hydrogens is 407 g/mol. The van der Waals surface area contributed by atoms with Gasteiger partial charge in [-0.25, -0.2) is 8.42 Å². The van der Waals surface area contributed by atoms with E-state index in [-0.39, 0.29) is 16.3 Å². The summed E-state index contributed by atoms with van der Waals surface area (Å²) in [5, 5.41) is 2.57. The third-order valence-electron chi connectivity index (χ3n) is 3.76. The van der Waals surface area contributed by atoms with Crippen molar-refractivity contribution in [3.05, 3.63) is 84.2 Å². The van der Waals surface area contributed by atoms with Crippen LogP contribution in [0.3, 0.4) is 0 Å². The molecule has 0 aliphatic carbocycles. The number of nitrogens with zero attached hydrogens (tertiary/aromatic N) is 1. The highest BCUT2D eigenvalue weighted by Gasteiger charge is 2.30. The molecule has 0 aliphatic rings. The number of aromatic nitrogens is 1. The van der Waals surface area contributed by atoms with Gasteiger partial charge in [0, 0.05) is 17.6 Å². The Labute approximate surface area is 164 Å². The van der Waals surface area contributed by atoms with Gasteiger partial charge in [0.2, 0.25) is 0 Å². The van der Waals surface area contributed by atoms with E-state index in [9.17, 15) is 26.4 Å². The summed E-state index contributed by atoms with van der Waals surface area (Å²) in [6.45, 7) is 0. The van der Waals surface area contributed by atoms with Crippen LogP contribution in [0.2, 0.25) is 0 Å². The standard InChI is InChI=1S/C19H14F3N3O3S/c20-19(21,22)13-4-3-5-15(12-13)25-29(27,28)16-9-7-14(8-10-16)24-18(26)17-6-1-2-11-23-17/h1-12,25H,(H,24,26). The van der Waals surface area contributed by atoms with Crippen LogP contribution >= 0.6 is 0 Å². The van der Waals surface area contributed by atoms with Crippen LogP contribution in [-0.4, -0.2) is 19.3 Å². The number of sulfonamides is 1. The lowest BCUT2D eigenvalue weighted by Gasteiger charge is -2.12. The second kappa shape index (κ2) is 7.92. The van der Waals surface area contributed by atoms with Crippen molar-refractivity contribution < 1.29 is 26.4 Å². The lowest BCUT2D eigenvalue weighted by Crippen LogP contribution is -2.15. The Balaban J connectivity index is 1.74. The maximum atomic E-state index is 12.8. The summed E-state index contributed by atoms with van der Waals surface area (Å²) in [7, 11) is -4.12. The third kappa shape index (κ3) is 5.11. The smallest absolute Gasteiger partial charge is 0.321 e. The Bertz CT molecular complexity index is 1120. The first-order valence-electron chi connectivity index (χ1n) is 8.18. The van der Waals surface area contributed by atoms with Crippen LogP contribution in [0, 0.1) is 0 Å². The lowest BCUT2D eigenvalue weighted by atomic mass is 10.2. The first-order valence-corrected chi connectivity index (χ1v) is 9.66. The molecule has 1 amide bonds. The molecule has 0 spiro atoms. The van der Waals surface area contributed by atoms with Crippen molar-refractivity contribution in [2.45, 2.75) is 11.1 Å². The number of alkyl halides is 3. The average molecular weight is 421 g/mol. The summed E-state index contributed by atoms with van der Waals surface area (Å²) in [6.07, 6.45) is -3.13. The number of halogens is 3. The van der Waals surface area contributed by atoms with Crippen LogP contribution in [0.25, 0.3) is 0 Å². The molecule has 0 radical (unpaired) electrons. The van der Waals surface area contributed by atoms with Crippen LogP contribution in [0.5, 0.6) is 0 Å². The van der Waals surface area contributed by atoms with Crippen LogP contribution in [-0.2, 0) is 16.2 Å². The molecule has 3 rings (SSSR count). The normalized spacial score (nSPS) is 11.7. The molecule has 0 bridgehead atoms. The topological polar surface area (TPSA) is 88.2 Å². The summed E-state index contributed by atoms with van der Waals surface area (Å²) in [5.74, 6) is -0.469. The third-order valence-corrected chi connectivity index (χ3v) is 5.16. The SMILES string of the molecule is O=C(Nc1ccc(S(=O)(=O)Nc2cccc(C(F)(F)F)c2)cc1)c1ccccn1. The minimum atomic E-state index is -4.59. The van der Waals surface area contributed by atoms with Crippen molar-refractivity contribution in [3.63, 3.8) is 0 Å². The van der Waals surface area contributed by atoms with Gasteiger partial charge in [-0.3, -0.25) is 14.5 Å². The maximum Gasteiger partial charge on any atom is 0.416 e. The number of carbonyl (C=O) groups excluding carboxylic acids is 1. The highest BCUT2D eigenvalue weighted by atomic mass is 32.2. The van der Waals surface area contributed by atoms with Gasteiger partial charge in [0.15, 0.2) is 0 Å². The number of hydrogen-bond donors (Lipinski definition) is 2. The second-order valence-corrected chi connectivity index (χ2v) is 7.56. The molecule has 2 aromatic carbocycles. The molecule has 29 heavy (non-hydrogen) atoms. The second-order valence-electron chi connectivity index (χ2n) is 5.88. The highest BCUT2D eigenvalue weighted by Crippen LogP contribution is 2.31. The van der Waals surface area contributed by atoms with Crippen molar-refractivity contribution >= 4 is 27.3 Å². The van der Waals surface area contributed by atoms with Crippen molar-refractivity contribution in [1.29, 1.82) is 0 Å². The van der Waals surface area contributed by atoms with Gasteiger partial charge < -0.3 is 5.32 Å². The summed E-state index contributed by atoms with van der Waals surface area (Å²) in [6, 6.07) is 13.9. The molecule has 0 fully saturated rings. The number of anilines is 2. The monoisotopic (exact) mass is 421 g/mol. The van der Waals surface area contributed by atoms with E-state index in [1.54, 1.807) is 12.1 Å². The Morgan fingerprint density at radius 3 is 2.24 bits per heavy atom. The van der Waals surface area contributed by atoms with Crippen molar-refractivity contribution in [1.82, 2.24) is 4.98 Å². The number of carbonyl (C=O) groups is 1. The minimum Gasteiger partial charge on any atom is -0.321 e. The van der Waals surface area contributed by atoms with E-state index in [0.29, 0.717) is 11.8 Å². The van der Waals surface area contributed by atoms with E-state index >= 15 is 0 Å². The zero-order chi connectivity index (χ0) is 21.1. The molecule has 6 nitrogen and oxygen atoms in total. The van der Waals surface area contributed by atoms with E-state index in [0.717, 1.165) is 12.1 Å². The van der Waals surface area contributed by atoms with Gasteiger partial charge in [-0.15, -0.1) is 0 Å². The first-order chi connectivity index (χ1) is 13.6. The van der Waals surface area contributed by atoms with Gasteiger partial charge in [-0.2, -0.15) is 13.2 Å². The molecule has 10 heteroatoms. The Kier molecular flexibility index (Phi) is 5.55. The molecule has 1 heterocycles. The molecule has 1 aromatic heterocycles. The fourth-order valence-electron chi connectivity index (χ4n) is 2.38. The van der Waals surface area contributed by atoms with Gasteiger partial charge in [-0.05, 0) is 54.6 Å². The number of pyridine rings is 1. The molecule has 0 atom stereocenters. The molecule has 0 saturated heterocycles. The van der Waals surface area contributed by atoms with Gasteiger partial charge in [0.25, 0.3) is 15.9 Å². The molecule has 0 saturated carbocycles. The zero-order valence-electron chi connectivity index (χ0n) is 14.6. The maximum absolute atomic E-state index is 12.8. The van der Waals surface area contributed by atoms with E-state index in [4.69, 9.17) is 0 Å². The zero-order valence-corrected chi connectivity index (χ0v) is 15.5. The van der Waals surface area contributed by atoms with Crippen molar-refractivity contribution in [3.8, 4) is 0 Å². The van der Waals surface area contributed by atoms with Crippen molar-refractivity contribution in [2.24, 2.45) is 0 Å². The van der Waals surface area contributed by atoms with Crippen LogP contribution in [0.4, 0.5) is 24.5 Å². The van der Waals surface area contributed by atoms with Gasteiger partial charge in [0.05, 0.1) is 10.5 Å². The molecule has 0 aliphatic heterocycles. The van der Waals surface area contributed by atoms with E-state index in [2.05, 4.69) is 15.0 Å². The van der Waals surface area contributed by atoms with Crippen LogP contribution in [0.1, 0.15) is 16.1 Å². The quantitative estimate of drug-likeness (QED) is 0.648. The summed E-state index contributed by atoms with van der Waals surface area (Å²) >= 11 is 0. The first kappa shape index (κ1) is 20.3. The molecule has 150 valence electrons. The van der Waals surface area contributed by atoms with E-state index in [1.165, 1.54) is 42.6 Å². The van der Waals surface area contributed by atoms with E-state index < -0.39 is 27.7 Å². The van der Waals surface area contributed by atoms with Crippen LogP contribution in [0.15, 0.2) is 77.8 Å². The Morgan fingerprint density at radius 1 is 0.897 bits per heavy atom. The van der Waals surface area contributed by atoms with Gasteiger partial charge >= 0.3 is 6.18 Å². The number of amides is 1. The summed E-state index contributed by atoms with van der Waals surface area (Å²) in [4.78, 5) is 15.8. The molecule has 2 N–H and O–H groups in total. The van der Waals surface area contributed by atoms with Gasteiger partial charge in [-0.1, -0.05) is 12.1 Å². The predicted octanol–water partition coefficient (Wildman–Crippen LogP) is 4.15. The number of nitrogens with one attached hydrogen (secondary N) is 2. The van der Waals surface area contributed by atoms with Crippen molar-refractivity contribution in [2.75, 3.05) is 10.0 Å². The van der Waals surface area contributed by atoms with Gasteiger partial charge in [0.1, 0.15) is 5.69 Å². The Morgan fingerprint density at radius 2 is 1.62 bits per heavy atom. The minimum absolute atomic E-state index is 0.175. The number of hydrogen-bond acceptors (Lipinski definition) is 4. The Hall–Kier alpha value is -3.40. The fraction of sp³-hybridized carbons (Fsp3) is 0.0526. The average Bonchev–Trinajstić information content (AvgIpc) is 2.68. The highest BCUT2D eigenvalue weighted by molar-refractivity contribution is 7.92. The molecular formula is C19H14F3N3O3S. The lowest BCUT2D eigenvalue weighted by molar-refractivity contribution is -0.137. The fourth-order valence-corrected chi connectivity index (χ4v) is 3.43. The van der Waals surface area contributed by atoms with Crippen LogP contribution < -0.4 is 10.0 Å². The molecule has 3 aromatic rings. The van der Waals surface area contributed by atoms with E-state index in [1.807, 2.05) is 0 Å². The summed E-state index contributed by atoms with van der Waals surface area (Å²) in [5.41, 5.74) is -0.660. The summed E-state index contributed by atoms with van der Waals surface area (Å²) < 4.78 is 65.3. The number of rotatable bonds is 5. The largest absolute Gasteiger partial charge is 0.416 e.